The topological polar surface area (TPSA) is 122 Å². The summed E-state index contributed by atoms with van der Waals surface area (Å²) in [5.41, 5.74) is -0.857. The van der Waals surface area contributed by atoms with Gasteiger partial charge >= 0.3 is 11.7 Å². The maximum Gasteiger partial charge on any atom is 0.330 e. The van der Waals surface area contributed by atoms with E-state index < -0.39 is 11.2 Å². The molecule has 9 nitrogen and oxygen atoms in total. The molecule has 0 amide bonds. The van der Waals surface area contributed by atoms with Crippen LogP contribution >= 0.6 is 0 Å². The first-order chi connectivity index (χ1) is 11.6. The molecule has 0 aliphatic carbocycles. The van der Waals surface area contributed by atoms with Crippen molar-refractivity contribution in [1.29, 1.82) is 0 Å². The number of aromatic nitrogens is 4. The Bertz CT molecular complexity index is 972. The number of ether oxygens (including phenoxy) is 2. The molecule has 0 aliphatic rings. The maximum atomic E-state index is 12.3. The molecule has 3 rings (SSSR count). The van der Waals surface area contributed by atoms with Crippen LogP contribution in [0.4, 0.5) is 0 Å². The Morgan fingerprint density at radius 3 is 2.79 bits per heavy atom. The minimum absolute atomic E-state index is 0.0749. The maximum absolute atomic E-state index is 12.3. The van der Waals surface area contributed by atoms with E-state index in [0.29, 0.717) is 17.9 Å². The van der Waals surface area contributed by atoms with E-state index in [9.17, 15) is 9.59 Å². The molecule has 0 spiro atoms. The fourth-order valence-electron chi connectivity index (χ4n) is 2.25. The van der Waals surface area contributed by atoms with Crippen LogP contribution in [0.2, 0.25) is 0 Å². The highest BCUT2D eigenvalue weighted by molar-refractivity contribution is 5.69. The van der Waals surface area contributed by atoms with E-state index in [2.05, 4.69) is 15.0 Å². The molecule has 0 radical (unpaired) electrons. The summed E-state index contributed by atoms with van der Waals surface area (Å²) in [6.45, 7) is 0.00277. The summed E-state index contributed by atoms with van der Waals surface area (Å²) in [5.74, 6) is 1.08. The van der Waals surface area contributed by atoms with E-state index in [1.165, 1.54) is 0 Å². The van der Waals surface area contributed by atoms with Gasteiger partial charge in [0.25, 0.3) is 5.56 Å². The minimum atomic E-state index is -0.583. The number of hydrogen-bond acceptors (Lipinski definition) is 6. The third-order valence-electron chi connectivity index (χ3n) is 3.41. The molecule has 2 aromatic heterocycles. The van der Waals surface area contributed by atoms with E-state index in [1.54, 1.807) is 31.4 Å². The number of aromatic amines is 2. The predicted octanol–water partition coefficient (Wildman–Crippen LogP) is 0.596. The van der Waals surface area contributed by atoms with Gasteiger partial charge in [-0.15, -0.1) is 0 Å². The molecule has 3 aromatic rings. The molecule has 24 heavy (non-hydrogen) atoms. The van der Waals surface area contributed by atoms with Gasteiger partial charge in [0.05, 0.1) is 7.11 Å². The second kappa shape index (κ2) is 6.59. The average Bonchev–Trinajstić information content (AvgIpc) is 2.97. The molecular weight excluding hydrogens is 316 g/mol. The third-order valence-corrected chi connectivity index (χ3v) is 3.41. The van der Waals surface area contributed by atoms with Gasteiger partial charge in [-0.3, -0.25) is 14.3 Å². The number of aliphatic hydroxyl groups excluding tert-OH is 1. The van der Waals surface area contributed by atoms with Crippen molar-refractivity contribution in [2.45, 2.75) is 13.0 Å². The van der Waals surface area contributed by atoms with Crippen LogP contribution in [-0.4, -0.2) is 38.3 Å². The van der Waals surface area contributed by atoms with Crippen LogP contribution in [0.5, 0.6) is 17.5 Å². The number of nitrogens with zero attached hydrogens (tertiary/aromatic N) is 2. The number of imidazole rings is 1. The van der Waals surface area contributed by atoms with Gasteiger partial charge in [-0.05, 0) is 18.6 Å². The van der Waals surface area contributed by atoms with Crippen molar-refractivity contribution in [2.75, 3.05) is 13.7 Å². The molecule has 126 valence electrons. The highest BCUT2D eigenvalue weighted by atomic mass is 16.5. The van der Waals surface area contributed by atoms with Gasteiger partial charge in [-0.1, -0.05) is 6.07 Å². The van der Waals surface area contributed by atoms with Gasteiger partial charge in [0.1, 0.15) is 11.5 Å². The normalized spacial score (nSPS) is 10.9. The van der Waals surface area contributed by atoms with Crippen LogP contribution in [0.3, 0.4) is 0 Å². The molecule has 0 unspecified atom stereocenters. The van der Waals surface area contributed by atoms with E-state index in [1.807, 2.05) is 0 Å². The van der Waals surface area contributed by atoms with Gasteiger partial charge in [-0.2, -0.15) is 4.98 Å². The number of aliphatic hydroxyl groups is 1. The number of methoxy groups -OCH3 is 1. The molecule has 3 N–H and O–H groups in total. The summed E-state index contributed by atoms with van der Waals surface area (Å²) in [7, 11) is 1.54. The summed E-state index contributed by atoms with van der Waals surface area (Å²) in [6.07, 6.45) is 0.301. The Morgan fingerprint density at radius 2 is 2.04 bits per heavy atom. The second-order valence-electron chi connectivity index (χ2n) is 5.01. The fourth-order valence-corrected chi connectivity index (χ4v) is 2.25. The molecule has 1 aromatic carbocycles. The number of benzene rings is 1. The molecule has 0 atom stereocenters. The van der Waals surface area contributed by atoms with Crippen molar-refractivity contribution < 1.29 is 14.6 Å². The standard InChI is InChI=1S/C15H16N4O5/c1-23-9-4-2-5-10(8-9)24-14-16-11-12(17-14)18-15(22)19(13(11)21)6-3-7-20/h2,4-5,8,20H,3,6-7H2,1H3,(H,16,17)(H,18,22). The molecule has 0 bridgehead atoms. The monoisotopic (exact) mass is 332 g/mol. The Hall–Kier alpha value is -3.07. The summed E-state index contributed by atoms with van der Waals surface area (Å²) < 4.78 is 11.7. The zero-order chi connectivity index (χ0) is 17.1. The highest BCUT2D eigenvalue weighted by Gasteiger charge is 2.13. The molecule has 2 heterocycles. The number of nitrogens with one attached hydrogen (secondary N) is 2. The minimum Gasteiger partial charge on any atom is -0.497 e. The molecule has 0 saturated heterocycles. The number of rotatable bonds is 6. The first-order valence-corrected chi connectivity index (χ1v) is 7.28. The lowest BCUT2D eigenvalue weighted by Crippen LogP contribution is -2.35. The van der Waals surface area contributed by atoms with Gasteiger partial charge in [-0.25, -0.2) is 4.79 Å². The van der Waals surface area contributed by atoms with Crippen molar-refractivity contribution in [3.63, 3.8) is 0 Å². The Labute approximate surface area is 135 Å². The number of H-pyrrole nitrogens is 2. The third kappa shape index (κ3) is 3.01. The van der Waals surface area contributed by atoms with Crippen LogP contribution in [0.15, 0.2) is 33.9 Å². The quantitative estimate of drug-likeness (QED) is 0.607. The first kappa shape index (κ1) is 15.8. The van der Waals surface area contributed by atoms with E-state index in [4.69, 9.17) is 14.6 Å². The molecule has 9 heteroatoms. The molecule has 0 saturated carbocycles. The first-order valence-electron chi connectivity index (χ1n) is 7.28. The van der Waals surface area contributed by atoms with Crippen molar-refractivity contribution in [3.8, 4) is 17.5 Å². The smallest absolute Gasteiger partial charge is 0.330 e. The van der Waals surface area contributed by atoms with E-state index in [-0.39, 0.29) is 30.3 Å². The van der Waals surface area contributed by atoms with Crippen LogP contribution in [0.1, 0.15) is 6.42 Å². The van der Waals surface area contributed by atoms with Crippen LogP contribution in [-0.2, 0) is 6.54 Å². The van der Waals surface area contributed by atoms with Crippen LogP contribution in [0.25, 0.3) is 11.2 Å². The lowest BCUT2D eigenvalue weighted by atomic mass is 10.3. The average molecular weight is 332 g/mol. The van der Waals surface area contributed by atoms with E-state index in [0.717, 1.165) is 4.57 Å². The molecular formula is C15H16N4O5. The zero-order valence-corrected chi connectivity index (χ0v) is 12.9. The molecule has 0 fully saturated rings. The van der Waals surface area contributed by atoms with E-state index >= 15 is 0 Å². The molecule has 0 aliphatic heterocycles. The van der Waals surface area contributed by atoms with Gasteiger partial charge in [0, 0.05) is 19.2 Å². The van der Waals surface area contributed by atoms with Crippen molar-refractivity contribution in [3.05, 3.63) is 45.1 Å². The summed E-state index contributed by atoms with van der Waals surface area (Å²) in [6, 6.07) is 6.96. The number of fused-ring (bicyclic) bond motifs is 1. The predicted molar refractivity (Wildman–Crippen MR) is 85.7 cm³/mol. The van der Waals surface area contributed by atoms with Gasteiger partial charge < -0.3 is 19.6 Å². The second-order valence-corrected chi connectivity index (χ2v) is 5.01. The summed E-state index contributed by atoms with van der Waals surface area (Å²) in [5, 5.41) is 8.86. The van der Waals surface area contributed by atoms with Crippen molar-refractivity contribution >= 4 is 11.2 Å². The Balaban J connectivity index is 1.97. The summed E-state index contributed by atoms with van der Waals surface area (Å²) in [4.78, 5) is 33.6. The largest absolute Gasteiger partial charge is 0.497 e. The van der Waals surface area contributed by atoms with Crippen LogP contribution in [0, 0.1) is 0 Å². The van der Waals surface area contributed by atoms with Crippen molar-refractivity contribution in [1.82, 2.24) is 19.5 Å². The Kier molecular flexibility index (Phi) is 4.34. The van der Waals surface area contributed by atoms with Crippen molar-refractivity contribution in [2.24, 2.45) is 0 Å². The fraction of sp³-hybridized carbons (Fsp3) is 0.267. The zero-order valence-electron chi connectivity index (χ0n) is 12.9. The van der Waals surface area contributed by atoms with Gasteiger partial charge in [0.2, 0.25) is 0 Å². The number of hydrogen-bond donors (Lipinski definition) is 3. The highest BCUT2D eigenvalue weighted by Crippen LogP contribution is 2.23. The lowest BCUT2D eigenvalue weighted by molar-refractivity contribution is 0.278. The van der Waals surface area contributed by atoms with Gasteiger partial charge in [0.15, 0.2) is 11.2 Å². The summed E-state index contributed by atoms with van der Waals surface area (Å²) >= 11 is 0. The Morgan fingerprint density at radius 1 is 1.25 bits per heavy atom. The lowest BCUT2D eigenvalue weighted by Gasteiger charge is -2.03. The van der Waals surface area contributed by atoms with Crippen LogP contribution < -0.4 is 20.7 Å². The SMILES string of the molecule is COc1cccc(Oc2nc3[nH]c(=O)n(CCCO)c(=O)c3[nH]2)c1.